The van der Waals surface area contributed by atoms with Crippen LogP contribution in [0.1, 0.15) is 12.8 Å². The van der Waals surface area contributed by atoms with Gasteiger partial charge >= 0.3 is 0 Å². The van der Waals surface area contributed by atoms with Crippen molar-refractivity contribution in [3.63, 3.8) is 0 Å². The van der Waals surface area contributed by atoms with Crippen LogP contribution >= 0.6 is 11.6 Å². The molecular formula is C9H18ClNO4S. The first-order valence-corrected chi connectivity index (χ1v) is 7.37. The maximum atomic E-state index is 11.7. The van der Waals surface area contributed by atoms with Crippen LogP contribution < -0.4 is 4.72 Å². The monoisotopic (exact) mass is 271 g/mol. The van der Waals surface area contributed by atoms with E-state index in [0.717, 1.165) is 0 Å². The van der Waals surface area contributed by atoms with Gasteiger partial charge in [-0.25, -0.2) is 13.1 Å². The highest BCUT2D eigenvalue weighted by Gasteiger charge is 2.35. The number of alkyl halides is 1. The molecule has 0 saturated carbocycles. The topological polar surface area (TPSA) is 64.6 Å². The molecule has 0 aromatic carbocycles. The summed E-state index contributed by atoms with van der Waals surface area (Å²) in [5, 5.41) is 0. The summed E-state index contributed by atoms with van der Waals surface area (Å²) in [7, 11) is -1.86. The Morgan fingerprint density at radius 3 is 2.56 bits per heavy atom. The summed E-state index contributed by atoms with van der Waals surface area (Å²) >= 11 is 5.86. The molecule has 0 bridgehead atoms. The summed E-state index contributed by atoms with van der Waals surface area (Å²) in [4.78, 5) is 0. The Morgan fingerprint density at radius 2 is 2.06 bits per heavy atom. The van der Waals surface area contributed by atoms with Gasteiger partial charge in [0.25, 0.3) is 0 Å². The second kappa shape index (κ2) is 6.16. The van der Waals surface area contributed by atoms with Crippen LogP contribution in [0, 0.1) is 0 Å². The predicted octanol–water partition coefficient (Wildman–Crippen LogP) is 0.340. The summed E-state index contributed by atoms with van der Waals surface area (Å²) in [6.07, 6.45) is 1.23. The normalized spacial score (nSPS) is 20.9. The van der Waals surface area contributed by atoms with E-state index in [1.54, 1.807) is 0 Å². The average Bonchev–Trinajstić information content (AvgIpc) is 2.27. The van der Waals surface area contributed by atoms with Crippen molar-refractivity contribution >= 4 is 21.6 Å². The van der Waals surface area contributed by atoms with Crippen molar-refractivity contribution in [3.05, 3.63) is 0 Å². The summed E-state index contributed by atoms with van der Waals surface area (Å²) in [5.74, 6) is 0.228. The molecule has 0 atom stereocenters. The van der Waals surface area contributed by atoms with E-state index in [9.17, 15) is 8.42 Å². The van der Waals surface area contributed by atoms with Crippen molar-refractivity contribution < 1.29 is 17.9 Å². The highest BCUT2D eigenvalue weighted by molar-refractivity contribution is 7.89. The standard InChI is InChI=1S/C9H18ClNO4S/c1-14-6-7-16(12,13)11-9(8-10)2-4-15-5-3-9/h11H,2-8H2,1H3. The molecule has 5 nitrogen and oxygen atoms in total. The van der Waals surface area contributed by atoms with Crippen molar-refractivity contribution in [3.8, 4) is 0 Å². The molecule has 1 rings (SSSR count). The van der Waals surface area contributed by atoms with Crippen molar-refractivity contribution in [2.24, 2.45) is 0 Å². The first kappa shape index (κ1) is 14.2. The third-order valence-corrected chi connectivity index (χ3v) is 4.59. The van der Waals surface area contributed by atoms with Gasteiger partial charge in [0.05, 0.1) is 17.9 Å². The van der Waals surface area contributed by atoms with Gasteiger partial charge < -0.3 is 9.47 Å². The quantitative estimate of drug-likeness (QED) is 0.708. The van der Waals surface area contributed by atoms with Gasteiger partial charge in [-0.2, -0.15) is 0 Å². The second-order valence-corrected chi connectivity index (χ2v) is 6.05. The van der Waals surface area contributed by atoms with Crippen LogP contribution in [0.4, 0.5) is 0 Å². The minimum atomic E-state index is -3.33. The van der Waals surface area contributed by atoms with E-state index >= 15 is 0 Å². The number of hydrogen-bond acceptors (Lipinski definition) is 4. The van der Waals surface area contributed by atoms with Crippen molar-refractivity contribution in [1.29, 1.82) is 0 Å². The Morgan fingerprint density at radius 1 is 1.44 bits per heavy atom. The van der Waals surface area contributed by atoms with Gasteiger partial charge in [0.15, 0.2) is 0 Å². The highest BCUT2D eigenvalue weighted by Crippen LogP contribution is 2.23. The van der Waals surface area contributed by atoms with Gasteiger partial charge in [-0.3, -0.25) is 0 Å². The van der Waals surface area contributed by atoms with Crippen LogP contribution in [0.15, 0.2) is 0 Å². The van der Waals surface area contributed by atoms with Gasteiger partial charge in [-0.1, -0.05) is 0 Å². The summed E-state index contributed by atoms with van der Waals surface area (Å²) in [5.41, 5.74) is -0.549. The third-order valence-electron chi connectivity index (χ3n) is 2.63. The smallest absolute Gasteiger partial charge is 0.214 e. The van der Waals surface area contributed by atoms with E-state index in [0.29, 0.717) is 26.1 Å². The van der Waals surface area contributed by atoms with Crippen LogP contribution in [0.2, 0.25) is 0 Å². The summed E-state index contributed by atoms with van der Waals surface area (Å²) < 4.78 is 36.1. The Labute approximate surface area is 101 Å². The lowest BCUT2D eigenvalue weighted by Gasteiger charge is -2.35. The van der Waals surface area contributed by atoms with E-state index in [2.05, 4.69) is 4.72 Å². The Bertz CT molecular complexity index is 301. The molecule has 1 saturated heterocycles. The number of hydrogen-bond donors (Lipinski definition) is 1. The Balaban J connectivity index is 2.61. The van der Waals surface area contributed by atoms with E-state index in [1.807, 2.05) is 0 Å². The minimum Gasteiger partial charge on any atom is -0.384 e. The lowest BCUT2D eigenvalue weighted by atomic mass is 9.94. The molecule has 96 valence electrons. The SMILES string of the molecule is COCCS(=O)(=O)NC1(CCl)CCOCC1. The van der Waals surface area contributed by atoms with Crippen molar-refractivity contribution in [2.75, 3.05) is 38.6 Å². The summed E-state index contributed by atoms with van der Waals surface area (Å²) in [6.45, 7) is 1.27. The molecule has 0 amide bonds. The molecule has 1 N–H and O–H groups in total. The zero-order valence-electron chi connectivity index (χ0n) is 9.37. The molecule has 1 aliphatic heterocycles. The first-order chi connectivity index (χ1) is 7.54. The third kappa shape index (κ3) is 4.18. The molecular weight excluding hydrogens is 254 g/mol. The minimum absolute atomic E-state index is 0.0387. The maximum absolute atomic E-state index is 11.7. The van der Waals surface area contributed by atoms with Gasteiger partial charge in [0, 0.05) is 26.2 Å². The molecule has 1 aliphatic rings. The van der Waals surface area contributed by atoms with Crippen LogP contribution in [-0.4, -0.2) is 52.5 Å². The zero-order chi connectivity index (χ0) is 12.1. The molecule has 0 spiro atoms. The largest absolute Gasteiger partial charge is 0.384 e. The fourth-order valence-electron chi connectivity index (χ4n) is 1.60. The lowest BCUT2D eigenvalue weighted by molar-refractivity contribution is 0.0548. The first-order valence-electron chi connectivity index (χ1n) is 5.18. The van der Waals surface area contributed by atoms with Gasteiger partial charge in [0.2, 0.25) is 10.0 Å². The predicted molar refractivity (Wildman–Crippen MR) is 62.3 cm³/mol. The highest BCUT2D eigenvalue weighted by atomic mass is 35.5. The number of nitrogens with one attached hydrogen (secondary N) is 1. The molecule has 1 heterocycles. The lowest BCUT2D eigenvalue weighted by Crippen LogP contribution is -2.54. The van der Waals surface area contributed by atoms with E-state index < -0.39 is 15.6 Å². The van der Waals surface area contributed by atoms with Gasteiger partial charge in [-0.15, -0.1) is 11.6 Å². The number of halogens is 1. The molecule has 1 fully saturated rings. The molecule has 0 unspecified atom stereocenters. The fourth-order valence-corrected chi connectivity index (χ4v) is 3.44. The van der Waals surface area contributed by atoms with Crippen LogP contribution in [0.3, 0.4) is 0 Å². The van der Waals surface area contributed by atoms with Crippen LogP contribution in [-0.2, 0) is 19.5 Å². The number of ether oxygens (including phenoxy) is 2. The second-order valence-electron chi connectivity index (χ2n) is 3.94. The number of methoxy groups -OCH3 is 1. The van der Waals surface area contributed by atoms with E-state index in [-0.39, 0.29) is 18.2 Å². The van der Waals surface area contributed by atoms with Crippen LogP contribution in [0.5, 0.6) is 0 Å². The van der Waals surface area contributed by atoms with Crippen molar-refractivity contribution in [1.82, 2.24) is 4.72 Å². The fraction of sp³-hybridized carbons (Fsp3) is 1.00. The molecule has 0 radical (unpaired) electrons. The molecule has 0 aromatic rings. The zero-order valence-corrected chi connectivity index (χ0v) is 10.9. The number of rotatable bonds is 6. The van der Waals surface area contributed by atoms with Gasteiger partial charge in [0.1, 0.15) is 0 Å². The van der Waals surface area contributed by atoms with Crippen LogP contribution in [0.25, 0.3) is 0 Å². The Kier molecular flexibility index (Phi) is 5.46. The van der Waals surface area contributed by atoms with Gasteiger partial charge in [-0.05, 0) is 12.8 Å². The molecule has 7 heteroatoms. The summed E-state index contributed by atoms with van der Waals surface area (Å²) in [6, 6.07) is 0. The number of sulfonamides is 1. The molecule has 16 heavy (non-hydrogen) atoms. The van der Waals surface area contributed by atoms with E-state index in [1.165, 1.54) is 7.11 Å². The maximum Gasteiger partial charge on any atom is 0.214 e. The average molecular weight is 272 g/mol. The van der Waals surface area contributed by atoms with E-state index in [4.69, 9.17) is 21.1 Å². The van der Waals surface area contributed by atoms with Crippen molar-refractivity contribution in [2.45, 2.75) is 18.4 Å². The molecule has 0 aliphatic carbocycles. The molecule has 0 aromatic heterocycles. The Hall–Kier alpha value is 0.120.